The van der Waals surface area contributed by atoms with Crippen molar-refractivity contribution in [3.05, 3.63) is 12.2 Å². The van der Waals surface area contributed by atoms with E-state index >= 15 is 0 Å². The molecule has 0 aromatic rings. The molecule has 3 aliphatic rings. The fraction of sp³-hybridized carbons (Fsp3) is 0.818. The van der Waals surface area contributed by atoms with E-state index in [1.807, 2.05) is 0 Å². The van der Waals surface area contributed by atoms with E-state index in [2.05, 4.69) is 19.1 Å². The average Bonchev–Trinajstić information content (AvgIpc) is 2.79. The lowest BCUT2D eigenvalue weighted by Gasteiger charge is -2.43. The van der Waals surface area contributed by atoms with E-state index in [4.69, 9.17) is 4.74 Å². The second-order valence-corrected chi connectivity index (χ2v) is 4.82. The first-order valence-corrected chi connectivity index (χ1v) is 5.23. The number of ether oxygens (including phenoxy) is 1. The van der Waals surface area contributed by atoms with E-state index in [0.29, 0.717) is 6.10 Å². The zero-order valence-electron chi connectivity index (χ0n) is 7.99. The molecule has 1 saturated carbocycles. The third-order valence-corrected chi connectivity index (χ3v) is 4.26. The van der Waals surface area contributed by atoms with E-state index < -0.39 is 0 Å². The molecular weight excluding hydrogens is 164 g/mol. The topological polar surface area (TPSA) is 32.8 Å². The predicted octanol–water partition coefficient (Wildman–Crippen LogP) is 1.64. The third-order valence-electron chi connectivity index (χ3n) is 4.26. The second kappa shape index (κ2) is 2.18. The lowest BCUT2D eigenvalue weighted by molar-refractivity contribution is -0.0270. The Hall–Kier alpha value is -0.340. The molecule has 4 atom stereocenters. The summed E-state index contributed by atoms with van der Waals surface area (Å²) in [6.07, 6.45) is 8.77. The van der Waals surface area contributed by atoms with Gasteiger partial charge in [0.1, 0.15) is 5.60 Å². The van der Waals surface area contributed by atoms with Gasteiger partial charge in [-0.15, -0.1) is 0 Å². The van der Waals surface area contributed by atoms with Crippen LogP contribution in [-0.4, -0.2) is 22.9 Å². The number of epoxide rings is 1. The Labute approximate surface area is 78.6 Å². The highest BCUT2D eigenvalue weighted by Crippen LogP contribution is 2.62. The second-order valence-electron chi connectivity index (χ2n) is 4.82. The zero-order valence-corrected chi connectivity index (χ0v) is 7.99. The minimum absolute atomic E-state index is 0.0133. The van der Waals surface area contributed by atoms with Crippen LogP contribution in [0.3, 0.4) is 0 Å². The van der Waals surface area contributed by atoms with Gasteiger partial charge >= 0.3 is 0 Å². The summed E-state index contributed by atoms with van der Waals surface area (Å²) in [4.78, 5) is 0. The molecule has 72 valence electrons. The van der Waals surface area contributed by atoms with Crippen LogP contribution >= 0.6 is 0 Å². The van der Waals surface area contributed by atoms with Gasteiger partial charge in [-0.25, -0.2) is 0 Å². The Morgan fingerprint density at radius 2 is 2.38 bits per heavy atom. The lowest BCUT2D eigenvalue weighted by Crippen LogP contribution is -2.49. The molecule has 2 nitrogen and oxygen atoms in total. The van der Waals surface area contributed by atoms with Gasteiger partial charge in [-0.1, -0.05) is 19.1 Å². The molecular formula is C11H16O2. The first-order chi connectivity index (χ1) is 6.19. The quantitative estimate of drug-likeness (QED) is 0.454. The molecule has 3 rings (SSSR count). The van der Waals surface area contributed by atoms with Gasteiger partial charge in [-0.05, 0) is 25.7 Å². The summed E-state index contributed by atoms with van der Waals surface area (Å²) in [7, 11) is 0. The summed E-state index contributed by atoms with van der Waals surface area (Å²) in [5.41, 5.74) is -0.0897. The predicted molar refractivity (Wildman–Crippen MR) is 49.3 cm³/mol. The van der Waals surface area contributed by atoms with Gasteiger partial charge in [0.2, 0.25) is 0 Å². The van der Waals surface area contributed by atoms with Gasteiger partial charge < -0.3 is 9.84 Å². The van der Waals surface area contributed by atoms with Gasteiger partial charge in [0, 0.05) is 5.41 Å². The van der Waals surface area contributed by atoms with Crippen molar-refractivity contribution in [3.8, 4) is 0 Å². The van der Waals surface area contributed by atoms with Crippen LogP contribution in [0.25, 0.3) is 0 Å². The number of hydrogen-bond acceptors (Lipinski definition) is 2. The van der Waals surface area contributed by atoms with Gasteiger partial charge in [-0.3, -0.25) is 0 Å². The Kier molecular flexibility index (Phi) is 1.34. The van der Waals surface area contributed by atoms with Gasteiger partial charge in [0.15, 0.2) is 0 Å². The van der Waals surface area contributed by atoms with Gasteiger partial charge in [0.25, 0.3) is 0 Å². The molecule has 0 unspecified atom stereocenters. The maximum Gasteiger partial charge on any atom is 0.106 e. The van der Waals surface area contributed by atoms with Crippen LogP contribution < -0.4 is 0 Å². The monoisotopic (exact) mass is 180 g/mol. The van der Waals surface area contributed by atoms with E-state index in [1.165, 1.54) is 0 Å². The van der Waals surface area contributed by atoms with Crippen molar-refractivity contribution in [3.63, 3.8) is 0 Å². The Morgan fingerprint density at radius 1 is 1.54 bits per heavy atom. The SMILES string of the molecule is C[C@]12C=CC[C@H]3O[C@]31CCC[C@H]2O. The van der Waals surface area contributed by atoms with Crippen molar-refractivity contribution in [2.24, 2.45) is 5.41 Å². The normalized spacial score (nSPS) is 58.3. The summed E-state index contributed by atoms with van der Waals surface area (Å²) < 4.78 is 5.82. The van der Waals surface area contributed by atoms with Crippen LogP contribution in [0.2, 0.25) is 0 Å². The third kappa shape index (κ3) is 0.767. The maximum absolute atomic E-state index is 10.0. The first-order valence-electron chi connectivity index (χ1n) is 5.23. The average molecular weight is 180 g/mol. The molecule has 2 aliphatic carbocycles. The Bertz CT molecular complexity index is 273. The molecule has 1 saturated heterocycles. The summed E-state index contributed by atoms with van der Waals surface area (Å²) >= 11 is 0. The summed E-state index contributed by atoms with van der Waals surface area (Å²) in [6, 6.07) is 0. The van der Waals surface area contributed by atoms with Crippen LogP contribution in [0.5, 0.6) is 0 Å². The van der Waals surface area contributed by atoms with Crippen LogP contribution in [0.15, 0.2) is 12.2 Å². The fourth-order valence-corrected chi connectivity index (χ4v) is 3.25. The standard InChI is InChI=1S/C11H16O2/c1-10-6-3-5-9-11(10,13-9)7-2-4-8(10)12/h3,6,8-9,12H,2,4-5,7H2,1H3/t8-,9-,10-,11-/m1/s1. The zero-order chi connectivity index (χ0) is 9.10. The van der Waals surface area contributed by atoms with Crippen molar-refractivity contribution in [1.82, 2.24) is 0 Å². The smallest absolute Gasteiger partial charge is 0.106 e. The molecule has 0 radical (unpaired) electrons. The van der Waals surface area contributed by atoms with Crippen LogP contribution in [0.1, 0.15) is 32.6 Å². The summed E-state index contributed by atoms with van der Waals surface area (Å²) in [5.74, 6) is 0. The van der Waals surface area contributed by atoms with Gasteiger partial charge in [-0.2, -0.15) is 0 Å². The van der Waals surface area contributed by atoms with Crippen molar-refractivity contribution in [1.29, 1.82) is 0 Å². The molecule has 0 amide bonds. The van der Waals surface area contributed by atoms with Crippen molar-refractivity contribution < 1.29 is 9.84 Å². The molecule has 1 spiro atoms. The highest BCUT2D eigenvalue weighted by molar-refractivity contribution is 5.28. The molecule has 1 N–H and O–H groups in total. The highest BCUT2D eigenvalue weighted by Gasteiger charge is 2.69. The summed E-state index contributed by atoms with van der Waals surface area (Å²) in [5, 5.41) is 10.0. The van der Waals surface area contributed by atoms with E-state index in [0.717, 1.165) is 25.7 Å². The molecule has 2 heteroatoms. The fourth-order valence-electron chi connectivity index (χ4n) is 3.25. The lowest BCUT2D eigenvalue weighted by atomic mass is 9.61. The summed E-state index contributed by atoms with van der Waals surface area (Å²) in [6.45, 7) is 2.15. The van der Waals surface area contributed by atoms with E-state index in [9.17, 15) is 5.11 Å². The largest absolute Gasteiger partial charge is 0.392 e. The van der Waals surface area contributed by atoms with Crippen LogP contribution in [0.4, 0.5) is 0 Å². The Balaban J connectivity index is 2.04. The maximum atomic E-state index is 10.0. The van der Waals surface area contributed by atoms with Crippen molar-refractivity contribution in [2.75, 3.05) is 0 Å². The highest BCUT2D eigenvalue weighted by atomic mass is 16.6. The number of aliphatic hydroxyl groups is 1. The minimum atomic E-state index is -0.206. The van der Waals surface area contributed by atoms with Crippen LogP contribution in [-0.2, 0) is 4.74 Å². The molecule has 0 aromatic carbocycles. The Morgan fingerprint density at radius 3 is 3.15 bits per heavy atom. The molecule has 0 aromatic heterocycles. The molecule has 1 heterocycles. The molecule has 2 fully saturated rings. The number of aliphatic hydroxyl groups excluding tert-OH is 1. The van der Waals surface area contributed by atoms with Gasteiger partial charge in [0.05, 0.1) is 12.2 Å². The minimum Gasteiger partial charge on any atom is -0.392 e. The van der Waals surface area contributed by atoms with Crippen LogP contribution in [0, 0.1) is 5.41 Å². The van der Waals surface area contributed by atoms with Crippen molar-refractivity contribution in [2.45, 2.75) is 50.4 Å². The molecule has 13 heavy (non-hydrogen) atoms. The first kappa shape index (κ1) is 8.01. The van der Waals surface area contributed by atoms with E-state index in [1.54, 1.807) is 0 Å². The number of hydrogen-bond donors (Lipinski definition) is 1. The molecule has 0 bridgehead atoms. The molecule has 1 aliphatic heterocycles. The number of rotatable bonds is 0. The van der Waals surface area contributed by atoms with E-state index in [-0.39, 0.29) is 17.1 Å². The van der Waals surface area contributed by atoms with Crippen molar-refractivity contribution >= 4 is 0 Å².